The molecule has 0 aliphatic rings. The van der Waals surface area contributed by atoms with Gasteiger partial charge in [-0.15, -0.1) is 0 Å². The molecule has 2 rings (SSSR count). The largest absolute Gasteiger partial charge is 0.493 e. The second kappa shape index (κ2) is 9.64. The average Bonchev–Trinajstić information content (AvgIpc) is 2.70. The van der Waals surface area contributed by atoms with Crippen LogP contribution in [0.2, 0.25) is 0 Å². The number of hydrogen-bond acceptors (Lipinski definition) is 5. The van der Waals surface area contributed by atoms with Gasteiger partial charge in [0.15, 0.2) is 11.5 Å². The number of carbonyl (C=O) groups is 2. The fourth-order valence-corrected chi connectivity index (χ4v) is 2.74. The van der Waals surface area contributed by atoms with Gasteiger partial charge in [-0.1, -0.05) is 30.3 Å². The van der Waals surface area contributed by atoms with Crippen molar-refractivity contribution in [3.05, 3.63) is 53.6 Å². The van der Waals surface area contributed by atoms with E-state index in [4.69, 9.17) is 14.2 Å². The van der Waals surface area contributed by atoms with E-state index in [9.17, 15) is 9.59 Å². The van der Waals surface area contributed by atoms with Crippen LogP contribution in [0.4, 0.5) is 0 Å². The maximum Gasteiger partial charge on any atom is 0.252 e. The van der Waals surface area contributed by atoms with Crippen molar-refractivity contribution in [2.24, 2.45) is 0 Å². The Labute approximate surface area is 165 Å². The first-order valence-corrected chi connectivity index (χ1v) is 8.87. The molecule has 0 aromatic heterocycles. The number of nitrogens with one attached hydrogen (secondary N) is 2. The quantitative estimate of drug-likeness (QED) is 0.729. The second-order valence-electron chi connectivity index (χ2n) is 6.39. The van der Waals surface area contributed by atoms with Gasteiger partial charge in [-0.05, 0) is 31.5 Å². The fraction of sp³-hybridized carbons (Fsp3) is 0.333. The Kier molecular flexibility index (Phi) is 7.26. The van der Waals surface area contributed by atoms with E-state index in [1.165, 1.54) is 21.3 Å². The molecular weight excluding hydrogens is 360 g/mol. The lowest BCUT2D eigenvalue weighted by Crippen LogP contribution is -2.42. The molecule has 150 valence electrons. The summed E-state index contributed by atoms with van der Waals surface area (Å²) in [5.74, 6) is 0.373. The Morgan fingerprint density at radius 1 is 0.857 bits per heavy atom. The van der Waals surface area contributed by atoms with Crippen molar-refractivity contribution < 1.29 is 23.8 Å². The number of benzene rings is 2. The molecule has 2 N–H and O–H groups in total. The van der Waals surface area contributed by atoms with Gasteiger partial charge in [0.25, 0.3) is 5.91 Å². The van der Waals surface area contributed by atoms with E-state index in [2.05, 4.69) is 10.6 Å². The minimum absolute atomic E-state index is 0.0585. The van der Waals surface area contributed by atoms with Crippen molar-refractivity contribution in [1.82, 2.24) is 10.6 Å². The first-order chi connectivity index (χ1) is 13.4. The van der Waals surface area contributed by atoms with E-state index in [1.54, 1.807) is 24.3 Å². The highest BCUT2D eigenvalue weighted by atomic mass is 16.5. The van der Waals surface area contributed by atoms with Gasteiger partial charge >= 0.3 is 0 Å². The number of methoxy groups -OCH3 is 3. The van der Waals surface area contributed by atoms with Crippen molar-refractivity contribution in [1.29, 1.82) is 0 Å². The van der Waals surface area contributed by atoms with Crippen LogP contribution in [0.15, 0.2) is 42.5 Å². The first-order valence-electron chi connectivity index (χ1n) is 8.87. The standard InChI is InChI=1S/C21H26N2O5/c1-13(2)22-21(25)18(14-9-7-6-8-10-14)23-20(24)15-11-16(26-3)19(28-5)17(12-15)27-4/h6-13,18H,1-5H3,(H,22,25)(H,23,24)/t18-/m0/s1. The molecule has 28 heavy (non-hydrogen) atoms. The lowest BCUT2D eigenvalue weighted by Gasteiger charge is -2.21. The second-order valence-corrected chi connectivity index (χ2v) is 6.39. The van der Waals surface area contributed by atoms with E-state index in [0.717, 1.165) is 0 Å². The molecule has 0 spiro atoms. The third kappa shape index (κ3) is 4.94. The highest BCUT2D eigenvalue weighted by Gasteiger charge is 2.25. The molecule has 0 aliphatic heterocycles. The van der Waals surface area contributed by atoms with Gasteiger partial charge in [0.05, 0.1) is 21.3 Å². The number of rotatable bonds is 8. The third-order valence-electron chi connectivity index (χ3n) is 4.03. The van der Waals surface area contributed by atoms with E-state index >= 15 is 0 Å². The number of amides is 2. The van der Waals surface area contributed by atoms with Gasteiger partial charge in [-0.25, -0.2) is 0 Å². The Morgan fingerprint density at radius 2 is 1.43 bits per heavy atom. The lowest BCUT2D eigenvalue weighted by molar-refractivity contribution is -0.123. The van der Waals surface area contributed by atoms with Crippen LogP contribution in [0, 0.1) is 0 Å². The highest BCUT2D eigenvalue weighted by molar-refractivity contribution is 5.99. The van der Waals surface area contributed by atoms with Crippen molar-refractivity contribution >= 4 is 11.8 Å². The normalized spacial score (nSPS) is 11.5. The summed E-state index contributed by atoms with van der Waals surface area (Å²) in [7, 11) is 4.44. The van der Waals surface area contributed by atoms with Gasteiger partial charge in [-0.2, -0.15) is 0 Å². The van der Waals surface area contributed by atoms with Crippen LogP contribution < -0.4 is 24.8 Å². The van der Waals surface area contributed by atoms with Crippen LogP contribution in [0.1, 0.15) is 35.8 Å². The number of carbonyl (C=O) groups excluding carboxylic acids is 2. The summed E-state index contributed by atoms with van der Waals surface area (Å²) in [6.45, 7) is 3.72. The zero-order chi connectivity index (χ0) is 20.7. The highest BCUT2D eigenvalue weighted by Crippen LogP contribution is 2.38. The maximum atomic E-state index is 12.9. The topological polar surface area (TPSA) is 85.9 Å². The SMILES string of the molecule is COc1cc(C(=O)N[C@H](C(=O)NC(C)C)c2ccccc2)cc(OC)c1OC. The molecule has 0 saturated carbocycles. The fourth-order valence-electron chi connectivity index (χ4n) is 2.74. The Bertz CT molecular complexity index is 796. The van der Waals surface area contributed by atoms with Crippen LogP contribution in [-0.4, -0.2) is 39.2 Å². The van der Waals surface area contributed by atoms with E-state index in [-0.39, 0.29) is 17.5 Å². The lowest BCUT2D eigenvalue weighted by atomic mass is 10.0. The summed E-state index contributed by atoms with van der Waals surface area (Å²) < 4.78 is 15.9. The molecule has 7 nitrogen and oxygen atoms in total. The maximum absolute atomic E-state index is 12.9. The minimum atomic E-state index is -0.838. The molecule has 2 aromatic rings. The van der Waals surface area contributed by atoms with Crippen molar-refractivity contribution in [2.45, 2.75) is 25.9 Å². The van der Waals surface area contributed by atoms with Gasteiger partial charge in [0.2, 0.25) is 11.7 Å². The molecule has 0 heterocycles. The average molecular weight is 386 g/mol. The molecule has 0 unspecified atom stereocenters. The Morgan fingerprint density at radius 3 is 1.89 bits per heavy atom. The van der Waals surface area contributed by atoms with Crippen LogP contribution in [-0.2, 0) is 4.79 Å². The molecule has 1 atom stereocenters. The smallest absolute Gasteiger partial charge is 0.252 e. The Hall–Kier alpha value is -3.22. The minimum Gasteiger partial charge on any atom is -0.493 e. The van der Waals surface area contributed by atoms with Crippen LogP contribution in [0.25, 0.3) is 0 Å². The summed E-state index contributed by atoms with van der Waals surface area (Å²) in [6.07, 6.45) is 0. The monoisotopic (exact) mass is 386 g/mol. The third-order valence-corrected chi connectivity index (χ3v) is 4.03. The molecule has 0 bridgehead atoms. The zero-order valence-electron chi connectivity index (χ0n) is 16.7. The van der Waals surface area contributed by atoms with E-state index < -0.39 is 11.9 Å². The molecule has 0 saturated heterocycles. The van der Waals surface area contributed by atoms with E-state index in [0.29, 0.717) is 22.8 Å². The summed E-state index contributed by atoms with van der Waals surface area (Å²) in [5.41, 5.74) is 0.967. The molecule has 2 aromatic carbocycles. The van der Waals surface area contributed by atoms with Gasteiger partial charge in [0, 0.05) is 11.6 Å². The van der Waals surface area contributed by atoms with Crippen molar-refractivity contribution in [3.8, 4) is 17.2 Å². The zero-order valence-corrected chi connectivity index (χ0v) is 16.7. The van der Waals surface area contributed by atoms with Gasteiger partial charge in [-0.3, -0.25) is 9.59 Å². The first kappa shape index (κ1) is 21.1. The van der Waals surface area contributed by atoms with Crippen LogP contribution in [0.5, 0.6) is 17.2 Å². The summed E-state index contributed by atoms with van der Waals surface area (Å²) in [4.78, 5) is 25.6. The molecule has 0 fully saturated rings. The predicted molar refractivity (Wildman–Crippen MR) is 106 cm³/mol. The van der Waals surface area contributed by atoms with E-state index in [1.807, 2.05) is 32.0 Å². The van der Waals surface area contributed by atoms with Gasteiger partial charge in [0.1, 0.15) is 6.04 Å². The number of hydrogen-bond donors (Lipinski definition) is 2. The molecule has 2 amide bonds. The van der Waals surface area contributed by atoms with Crippen LogP contribution in [0.3, 0.4) is 0 Å². The summed E-state index contributed by atoms with van der Waals surface area (Å²) >= 11 is 0. The Balaban J connectivity index is 2.37. The van der Waals surface area contributed by atoms with Gasteiger partial charge < -0.3 is 24.8 Å². The summed E-state index contributed by atoms with van der Waals surface area (Å²) in [6, 6.07) is 11.2. The predicted octanol–water partition coefficient (Wildman–Crippen LogP) is 2.71. The molecule has 0 aliphatic carbocycles. The van der Waals surface area contributed by atoms with Crippen molar-refractivity contribution in [2.75, 3.05) is 21.3 Å². The molecular formula is C21H26N2O5. The molecule has 0 radical (unpaired) electrons. The van der Waals surface area contributed by atoms with Crippen LogP contribution >= 0.6 is 0 Å². The van der Waals surface area contributed by atoms with Crippen molar-refractivity contribution in [3.63, 3.8) is 0 Å². The number of ether oxygens (including phenoxy) is 3. The summed E-state index contributed by atoms with van der Waals surface area (Å²) in [5, 5.41) is 5.63. The molecule has 7 heteroatoms.